The second kappa shape index (κ2) is 7.83. The van der Waals surface area contributed by atoms with Crippen LogP contribution in [0.4, 0.5) is 5.13 Å². The summed E-state index contributed by atoms with van der Waals surface area (Å²) < 4.78 is 8.11. The largest absolute Gasteiger partial charge is 0.497 e. The monoisotopic (exact) mass is 377 g/mol. The van der Waals surface area contributed by atoms with E-state index in [1.165, 1.54) is 23.1 Å². The lowest BCUT2D eigenvalue weighted by Gasteiger charge is -2.03. The number of nitrogens with zero attached hydrogens (tertiary/aromatic N) is 4. The molecule has 3 aromatic rings. The van der Waals surface area contributed by atoms with Crippen LogP contribution < -0.4 is 10.1 Å². The third-order valence-electron chi connectivity index (χ3n) is 3.57. The molecule has 0 bridgehead atoms. The molecular weight excluding hydrogens is 358 g/mol. The molecule has 0 saturated carbocycles. The quantitative estimate of drug-likeness (QED) is 0.637. The number of nitrogens with one attached hydrogen (secondary N) is 1. The second-order valence-corrected chi connectivity index (χ2v) is 7.37. The fourth-order valence-electron chi connectivity index (χ4n) is 2.28. The lowest BCUT2D eigenvalue weighted by molar-refractivity contribution is -0.113. The number of aryl methyl sites for hydroxylation is 1. The number of rotatable bonds is 7. The Bertz CT molecular complexity index is 890. The molecule has 7 nitrogen and oxygen atoms in total. The van der Waals surface area contributed by atoms with Crippen LogP contribution in [0.1, 0.15) is 19.2 Å². The average molecular weight is 377 g/mol. The summed E-state index contributed by atoms with van der Waals surface area (Å²) in [6.07, 6.45) is 1.89. The van der Waals surface area contributed by atoms with Crippen molar-refractivity contribution in [1.82, 2.24) is 19.7 Å². The maximum atomic E-state index is 12.2. The average Bonchev–Trinajstić information content (AvgIpc) is 3.16. The summed E-state index contributed by atoms with van der Waals surface area (Å²) in [5.41, 5.74) is 0.839. The van der Waals surface area contributed by atoms with E-state index in [1.54, 1.807) is 7.11 Å². The normalized spacial score (nSPS) is 11.0. The molecule has 0 radical (unpaired) electrons. The van der Waals surface area contributed by atoms with Crippen LogP contribution in [0.15, 0.2) is 23.4 Å². The second-order valence-electron chi connectivity index (χ2n) is 5.40. The van der Waals surface area contributed by atoms with Crippen molar-refractivity contribution in [3.8, 4) is 5.75 Å². The Morgan fingerprint density at radius 1 is 1.40 bits per heavy atom. The zero-order valence-corrected chi connectivity index (χ0v) is 15.9. The third kappa shape index (κ3) is 4.10. The van der Waals surface area contributed by atoms with Gasteiger partial charge in [0.15, 0.2) is 10.3 Å². The van der Waals surface area contributed by atoms with Gasteiger partial charge in [0.25, 0.3) is 0 Å². The number of hydrogen-bond donors (Lipinski definition) is 1. The maximum Gasteiger partial charge on any atom is 0.236 e. The lowest BCUT2D eigenvalue weighted by atomic mass is 10.3. The van der Waals surface area contributed by atoms with Crippen LogP contribution >= 0.6 is 23.1 Å². The first kappa shape index (κ1) is 17.7. The molecule has 9 heteroatoms. The van der Waals surface area contributed by atoms with Gasteiger partial charge in [0.05, 0.1) is 23.1 Å². The number of aromatic nitrogens is 4. The van der Waals surface area contributed by atoms with Gasteiger partial charge in [-0.25, -0.2) is 4.98 Å². The number of thiazole rings is 1. The molecule has 2 heterocycles. The summed E-state index contributed by atoms with van der Waals surface area (Å²) in [7, 11) is 3.55. The van der Waals surface area contributed by atoms with Crippen LogP contribution in [0.25, 0.3) is 10.2 Å². The van der Waals surface area contributed by atoms with Crippen molar-refractivity contribution >= 4 is 44.4 Å². The van der Waals surface area contributed by atoms with Gasteiger partial charge >= 0.3 is 0 Å². The van der Waals surface area contributed by atoms with Crippen LogP contribution in [0.5, 0.6) is 5.75 Å². The zero-order chi connectivity index (χ0) is 17.8. The van der Waals surface area contributed by atoms with Gasteiger partial charge in [0, 0.05) is 13.5 Å². The van der Waals surface area contributed by atoms with Gasteiger partial charge in [-0.3, -0.25) is 4.79 Å². The Labute approximate surface area is 153 Å². The predicted octanol–water partition coefficient (Wildman–Crippen LogP) is 3.12. The topological polar surface area (TPSA) is 81.9 Å². The molecule has 0 aliphatic heterocycles. The molecule has 3 rings (SSSR count). The number of ether oxygens (including phenoxy) is 1. The minimum atomic E-state index is -0.115. The van der Waals surface area contributed by atoms with E-state index in [1.807, 2.05) is 29.8 Å². The molecule has 1 amide bonds. The summed E-state index contributed by atoms with van der Waals surface area (Å²) in [5.74, 6) is 1.86. The van der Waals surface area contributed by atoms with Crippen LogP contribution in [-0.4, -0.2) is 38.5 Å². The minimum Gasteiger partial charge on any atom is -0.497 e. The number of methoxy groups -OCH3 is 1. The number of thioether (sulfide) groups is 1. The number of fused-ring (bicyclic) bond motifs is 1. The Morgan fingerprint density at radius 3 is 3.00 bits per heavy atom. The van der Waals surface area contributed by atoms with Crippen molar-refractivity contribution in [2.24, 2.45) is 7.05 Å². The summed E-state index contributed by atoms with van der Waals surface area (Å²) in [4.78, 5) is 16.6. The predicted molar refractivity (Wildman–Crippen MR) is 101 cm³/mol. The number of hydrogen-bond acceptors (Lipinski definition) is 7. The molecule has 0 saturated heterocycles. The van der Waals surface area contributed by atoms with Gasteiger partial charge in [-0.15, -0.1) is 10.2 Å². The van der Waals surface area contributed by atoms with Crippen LogP contribution in [-0.2, 0) is 18.3 Å². The summed E-state index contributed by atoms with van der Waals surface area (Å²) in [6, 6.07) is 5.64. The summed E-state index contributed by atoms with van der Waals surface area (Å²) in [5, 5.41) is 12.5. The smallest absolute Gasteiger partial charge is 0.236 e. The molecule has 0 aliphatic carbocycles. The van der Waals surface area contributed by atoms with E-state index in [2.05, 4.69) is 27.4 Å². The van der Waals surface area contributed by atoms with Crippen LogP contribution in [0, 0.1) is 0 Å². The molecular formula is C16H19N5O2S2. The molecule has 25 heavy (non-hydrogen) atoms. The van der Waals surface area contributed by atoms with E-state index >= 15 is 0 Å². The number of benzene rings is 1. The summed E-state index contributed by atoms with van der Waals surface area (Å²) in [6.45, 7) is 2.10. The third-order valence-corrected chi connectivity index (χ3v) is 5.53. The van der Waals surface area contributed by atoms with Crippen LogP contribution in [0.3, 0.4) is 0 Å². The van der Waals surface area contributed by atoms with Gasteiger partial charge in [-0.2, -0.15) is 0 Å². The SMILES string of the molecule is CCCc1nnc(SCC(=O)Nc2nc3ccc(OC)cc3s2)n1C. The molecule has 0 spiro atoms. The van der Waals surface area contributed by atoms with E-state index in [-0.39, 0.29) is 11.7 Å². The fraction of sp³-hybridized carbons (Fsp3) is 0.375. The van der Waals surface area contributed by atoms with E-state index < -0.39 is 0 Å². The first-order valence-electron chi connectivity index (χ1n) is 7.86. The molecule has 1 aromatic carbocycles. The van der Waals surface area contributed by atoms with Crippen molar-refractivity contribution in [1.29, 1.82) is 0 Å². The Kier molecular flexibility index (Phi) is 5.54. The maximum absolute atomic E-state index is 12.2. The van der Waals surface area contributed by atoms with E-state index in [4.69, 9.17) is 4.74 Å². The van der Waals surface area contributed by atoms with E-state index in [9.17, 15) is 4.79 Å². The highest BCUT2D eigenvalue weighted by atomic mass is 32.2. The van der Waals surface area contributed by atoms with Crippen molar-refractivity contribution < 1.29 is 9.53 Å². The molecule has 0 aliphatic rings. The highest BCUT2D eigenvalue weighted by molar-refractivity contribution is 7.99. The molecule has 2 aromatic heterocycles. The molecule has 1 N–H and O–H groups in total. The highest BCUT2D eigenvalue weighted by Gasteiger charge is 2.13. The fourth-order valence-corrected chi connectivity index (χ4v) is 3.92. The Morgan fingerprint density at radius 2 is 2.24 bits per heavy atom. The Hall–Kier alpha value is -2.13. The van der Waals surface area contributed by atoms with Crippen LogP contribution in [0.2, 0.25) is 0 Å². The summed E-state index contributed by atoms with van der Waals surface area (Å²) >= 11 is 2.79. The number of amides is 1. The van der Waals surface area contributed by atoms with E-state index in [0.29, 0.717) is 5.13 Å². The molecule has 0 atom stereocenters. The van der Waals surface area contributed by atoms with Crippen molar-refractivity contribution in [3.63, 3.8) is 0 Å². The first-order valence-corrected chi connectivity index (χ1v) is 9.66. The number of anilines is 1. The van der Waals surface area contributed by atoms with Gasteiger partial charge in [-0.05, 0) is 24.6 Å². The minimum absolute atomic E-state index is 0.115. The molecule has 0 fully saturated rings. The number of carbonyl (C=O) groups excluding carboxylic acids is 1. The standard InChI is InChI=1S/C16H19N5O2S2/c1-4-5-13-19-20-16(21(13)2)24-9-14(22)18-15-17-11-7-6-10(23-3)8-12(11)25-15/h6-8H,4-5,9H2,1-3H3,(H,17,18,22). The van der Waals surface area contributed by atoms with Crippen molar-refractivity contribution in [2.45, 2.75) is 24.9 Å². The lowest BCUT2D eigenvalue weighted by Crippen LogP contribution is -2.14. The molecule has 132 valence electrons. The van der Waals surface area contributed by atoms with Gasteiger partial charge in [-0.1, -0.05) is 30.0 Å². The highest BCUT2D eigenvalue weighted by Crippen LogP contribution is 2.29. The van der Waals surface area contributed by atoms with Gasteiger partial charge in [0.2, 0.25) is 5.91 Å². The molecule has 0 unspecified atom stereocenters. The van der Waals surface area contributed by atoms with Crippen molar-refractivity contribution in [3.05, 3.63) is 24.0 Å². The zero-order valence-electron chi connectivity index (χ0n) is 14.3. The van der Waals surface area contributed by atoms with E-state index in [0.717, 1.165) is 39.8 Å². The van der Waals surface area contributed by atoms with Gasteiger partial charge < -0.3 is 14.6 Å². The Balaban J connectivity index is 1.61. The van der Waals surface area contributed by atoms with Gasteiger partial charge in [0.1, 0.15) is 11.6 Å². The first-order chi connectivity index (χ1) is 12.1. The number of carbonyl (C=O) groups is 1. The van der Waals surface area contributed by atoms with Crippen molar-refractivity contribution in [2.75, 3.05) is 18.2 Å².